The first-order valence-corrected chi connectivity index (χ1v) is 10.0. The van der Waals surface area contributed by atoms with E-state index in [0.29, 0.717) is 21.7 Å². The number of anilines is 1. The lowest BCUT2D eigenvalue weighted by Gasteiger charge is -2.26. The van der Waals surface area contributed by atoms with Crippen molar-refractivity contribution in [1.29, 1.82) is 0 Å². The summed E-state index contributed by atoms with van der Waals surface area (Å²) in [6.45, 7) is 1.62. The summed E-state index contributed by atoms with van der Waals surface area (Å²) in [4.78, 5) is 4.96. The van der Waals surface area contributed by atoms with Crippen molar-refractivity contribution in [2.24, 2.45) is 4.99 Å². The highest BCUT2D eigenvalue weighted by Gasteiger charge is 2.26. The lowest BCUT2D eigenvalue weighted by atomic mass is 9.91. The molecule has 1 heterocycles. The monoisotopic (exact) mass is 431 g/mol. The highest BCUT2D eigenvalue weighted by molar-refractivity contribution is 7.98. The van der Waals surface area contributed by atoms with Crippen molar-refractivity contribution in [3.8, 4) is 0 Å². The summed E-state index contributed by atoms with van der Waals surface area (Å²) in [6.07, 6.45) is 0. The van der Waals surface area contributed by atoms with Gasteiger partial charge in [-0.1, -0.05) is 25.1 Å². The number of hydrogen-bond acceptors (Lipinski definition) is 2. The fourth-order valence-electron chi connectivity index (χ4n) is 3.34. The van der Waals surface area contributed by atoms with Crippen molar-refractivity contribution in [1.82, 2.24) is 4.72 Å². The summed E-state index contributed by atoms with van der Waals surface area (Å²) in [5.41, 5.74) is 1.24. The quantitative estimate of drug-likeness (QED) is 0.395. The topological polar surface area (TPSA) is 36.4 Å². The van der Waals surface area contributed by atoms with E-state index in [9.17, 15) is 17.6 Å². The normalized spacial score (nSPS) is 15.3. The minimum absolute atomic E-state index is 0.0982. The minimum Gasteiger partial charge on any atom is -0.324 e. The molecular weight excluding hydrogens is 414 g/mol. The van der Waals surface area contributed by atoms with Crippen LogP contribution in [0.3, 0.4) is 0 Å². The number of hydrogen-bond donors (Lipinski definition) is 2. The maximum absolute atomic E-state index is 14.8. The molecule has 0 saturated heterocycles. The average Bonchev–Trinajstić information content (AvgIpc) is 2.74. The Morgan fingerprint density at radius 2 is 1.70 bits per heavy atom. The van der Waals surface area contributed by atoms with Crippen LogP contribution in [0.2, 0.25) is 0 Å². The maximum atomic E-state index is 14.8. The van der Waals surface area contributed by atoms with Gasteiger partial charge in [-0.25, -0.2) is 22.6 Å². The Bertz CT molecular complexity index is 1130. The Hall–Kier alpha value is -3.00. The Kier molecular flexibility index (Phi) is 5.67. The fraction of sp³-hybridized carbons (Fsp3) is 0.136. The van der Waals surface area contributed by atoms with Crippen LogP contribution in [0.5, 0.6) is 0 Å². The van der Waals surface area contributed by atoms with Gasteiger partial charge in [-0.15, -0.1) is 0 Å². The lowest BCUT2D eigenvalue weighted by molar-refractivity contribution is 0.581. The van der Waals surface area contributed by atoms with Crippen molar-refractivity contribution >= 4 is 23.6 Å². The molecule has 0 saturated carbocycles. The average molecular weight is 431 g/mol. The molecule has 1 aliphatic rings. The number of nitrogens with zero attached hydrogens (tertiary/aromatic N) is 1. The van der Waals surface area contributed by atoms with E-state index in [4.69, 9.17) is 0 Å². The Morgan fingerprint density at radius 1 is 0.933 bits per heavy atom. The van der Waals surface area contributed by atoms with Gasteiger partial charge in [-0.3, -0.25) is 4.72 Å². The van der Waals surface area contributed by atoms with Gasteiger partial charge in [0.2, 0.25) is 5.96 Å². The van der Waals surface area contributed by atoms with Crippen molar-refractivity contribution < 1.29 is 17.6 Å². The Morgan fingerprint density at radius 3 is 2.50 bits per heavy atom. The molecule has 154 valence electrons. The van der Waals surface area contributed by atoms with Gasteiger partial charge in [0.05, 0.1) is 17.1 Å². The summed E-state index contributed by atoms with van der Waals surface area (Å²) in [7, 11) is 0. The largest absolute Gasteiger partial charge is 0.324 e. The number of benzene rings is 3. The Balaban J connectivity index is 1.67. The second kappa shape index (κ2) is 8.39. The lowest BCUT2D eigenvalue weighted by Crippen LogP contribution is -2.30. The van der Waals surface area contributed by atoms with E-state index < -0.39 is 29.2 Å². The van der Waals surface area contributed by atoms with Gasteiger partial charge in [0, 0.05) is 17.0 Å². The van der Waals surface area contributed by atoms with Gasteiger partial charge < -0.3 is 5.32 Å². The van der Waals surface area contributed by atoms with Crippen LogP contribution in [-0.2, 0) is 6.54 Å². The highest BCUT2D eigenvalue weighted by atomic mass is 32.2. The van der Waals surface area contributed by atoms with Crippen molar-refractivity contribution in [3.63, 3.8) is 0 Å². The van der Waals surface area contributed by atoms with Crippen LogP contribution in [0.4, 0.5) is 23.2 Å². The molecule has 2 N–H and O–H groups in total. The van der Waals surface area contributed by atoms with Gasteiger partial charge in [-0.05, 0) is 53.9 Å². The van der Waals surface area contributed by atoms with Crippen LogP contribution in [0, 0.1) is 23.3 Å². The third-order valence-corrected chi connectivity index (χ3v) is 5.73. The maximum Gasteiger partial charge on any atom is 0.206 e. The van der Waals surface area contributed by atoms with E-state index in [2.05, 4.69) is 15.0 Å². The van der Waals surface area contributed by atoms with E-state index in [1.54, 1.807) is 31.2 Å². The second-order valence-corrected chi connectivity index (χ2v) is 7.66. The molecule has 1 aliphatic heterocycles. The molecule has 4 rings (SSSR count). The molecule has 0 amide bonds. The van der Waals surface area contributed by atoms with Crippen LogP contribution in [0.25, 0.3) is 0 Å². The van der Waals surface area contributed by atoms with E-state index in [0.717, 1.165) is 18.2 Å². The van der Waals surface area contributed by atoms with Gasteiger partial charge in [0.15, 0.2) is 0 Å². The zero-order chi connectivity index (χ0) is 21.3. The fourth-order valence-corrected chi connectivity index (χ4v) is 4.06. The number of rotatable bonds is 4. The van der Waals surface area contributed by atoms with Gasteiger partial charge in [0.25, 0.3) is 0 Å². The smallest absolute Gasteiger partial charge is 0.206 e. The molecule has 0 radical (unpaired) electrons. The first kappa shape index (κ1) is 20.3. The molecule has 0 aromatic heterocycles. The SMILES string of the molecule is CC(c1ccccc1F)c1c(F)ccc2c1NC(=NCc1cc(F)ccc1F)NS2. The van der Waals surface area contributed by atoms with Crippen LogP contribution < -0.4 is 10.0 Å². The molecular formula is C22H17F4N3S. The summed E-state index contributed by atoms with van der Waals surface area (Å²) in [6, 6.07) is 12.3. The van der Waals surface area contributed by atoms with Crippen LogP contribution in [-0.4, -0.2) is 5.96 Å². The van der Waals surface area contributed by atoms with Crippen molar-refractivity contribution in [2.45, 2.75) is 24.3 Å². The predicted octanol–water partition coefficient (Wildman–Crippen LogP) is 5.97. The molecule has 0 spiro atoms. The van der Waals surface area contributed by atoms with Gasteiger partial charge >= 0.3 is 0 Å². The summed E-state index contributed by atoms with van der Waals surface area (Å²) < 4.78 is 59.3. The van der Waals surface area contributed by atoms with E-state index >= 15 is 0 Å². The summed E-state index contributed by atoms with van der Waals surface area (Å²) in [5.74, 6) is -2.31. The third-order valence-electron chi connectivity index (χ3n) is 4.88. The van der Waals surface area contributed by atoms with Crippen LogP contribution in [0.1, 0.15) is 29.5 Å². The first-order valence-electron chi connectivity index (χ1n) is 9.19. The van der Waals surface area contributed by atoms with Crippen molar-refractivity contribution in [3.05, 3.63) is 94.6 Å². The second-order valence-electron chi connectivity index (χ2n) is 6.81. The highest BCUT2D eigenvalue weighted by Crippen LogP contribution is 2.40. The molecule has 1 atom stereocenters. The van der Waals surface area contributed by atoms with Crippen LogP contribution in [0.15, 0.2) is 64.5 Å². The van der Waals surface area contributed by atoms with E-state index in [1.807, 2.05) is 0 Å². The summed E-state index contributed by atoms with van der Waals surface area (Å²) in [5, 5.41) is 3.02. The van der Waals surface area contributed by atoms with E-state index in [-0.39, 0.29) is 18.1 Å². The zero-order valence-electron chi connectivity index (χ0n) is 15.8. The van der Waals surface area contributed by atoms with Gasteiger partial charge in [0.1, 0.15) is 23.3 Å². The van der Waals surface area contributed by atoms with Crippen LogP contribution >= 0.6 is 11.9 Å². The molecule has 1 unspecified atom stereocenters. The predicted molar refractivity (Wildman–Crippen MR) is 110 cm³/mol. The van der Waals surface area contributed by atoms with Crippen molar-refractivity contribution in [2.75, 3.05) is 5.32 Å². The van der Waals surface area contributed by atoms with E-state index in [1.165, 1.54) is 24.1 Å². The number of aliphatic imine (C=N–C) groups is 1. The first-order chi connectivity index (χ1) is 14.4. The molecule has 3 aromatic carbocycles. The standard InChI is InChI=1S/C22H17F4N3S/c1-12(15-4-2-3-5-17(15)25)20-18(26)8-9-19-21(20)28-22(29-30-19)27-11-13-10-14(23)6-7-16(13)24/h2-10,12H,11H2,1H3,(H2,27,28,29). The third kappa shape index (κ3) is 4.00. The summed E-state index contributed by atoms with van der Waals surface area (Å²) >= 11 is 1.21. The van der Waals surface area contributed by atoms with Gasteiger partial charge in [-0.2, -0.15) is 0 Å². The number of guanidine groups is 1. The molecule has 0 aliphatic carbocycles. The molecule has 30 heavy (non-hydrogen) atoms. The molecule has 3 nitrogen and oxygen atoms in total. The zero-order valence-corrected chi connectivity index (χ0v) is 16.7. The Labute approximate surface area is 175 Å². The molecule has 0 bridgehead atoms. The number of nitrogens with one attached hydrogen (secondary N) is 2. The number of halogens is 4. The number of fused-ring (bicyclic) bond motifs is 1. The molecule has 8 heteroatoms. The molecule has 0 fully saturated rings. The minimum atomic E-state index is -0.565. The molecule has 3 aromatic rings.